The van der Waals surface area contributed by atoms with Gasteiger partial charge in [0, 0.05) is 0 Å². The van der Waals surface area contributed by atoms with Gasteiger partial charge in [0.05, 0.1) is 0 Å². The Morgan fingerprint density at radius 3 is 0.962 bits per heavy atom. The van der Waals surface area contributed by atoms with E-state index in [4.69, 9.17) is 5.10 Å². The van der Waals surface area contributed by atoms with Crippen LogP contribution in [0.3, 0.4) is 0 Å². The Morgan fingerprint density at radius 2 is 0.654 bits per heavy atom. The van der Waals surface area contributed by atoms with Crippen molar-refractivity contribution in [1.29, 1.82) is 0 Å². The van der Waals surface area contributed by atoms with Gasteiger partial charge in [-0.05, 0) is 0 Å². The Morgan fingerprint density at radius 1 is 0.385 bits per heavy atom. The van der Waals surface area contributed by atoms with Gasteiger partial charge in [-0.1, -0.05) is 0 Å². The fraction of sp³-hybridized carbons (Fsp3) is 0.0652. The van der Waals surface area contributed by atoms with Crippen LogP contribution in [0.2, 0.25) is 0 Å². The Balaban J connectivity index is 1.46. The van der Waals surface area contributed by atoms with Crippen molar-refractivity contribution in [3.8, 4) is 0 Å². The van der Waals surface area contributed by atoms with Crippen LogP contribution < -0.4 is 37.3 Å². The number of rotatable bonds is 13. The second-order valence-corrected chi connectivity index (χ2v) is 34.5. The van der Waals surface area contributed by atoms with Gasteiger partial charge in [-0.3, -0.25) is 0 Å². The average Bonchev–Trinajstić information content (AvgIpc) is 3.24. The van der Waals surface area contributed by atoms with E-state index in [0.717, 1.165) is 30.1 Å². The molecule has 0 aromatic heterocycles. The van der Waals surface area contributed by atoms with Crippen molar-refractivity contribution >= 4 is 95.8 Å². The fourth-order valence-electron chi connectivity index (χ4n) is 7.50. The molecule has 0 unspecified atom stereocenters. The van der Waals surface area contributed by atoms with E-state index in [2.05, 4.69) is 256 Å². The second kappa shape index (κ2) is 15.7. The number of anilines is 1. The number of para-hydroxylation sites is 1. The van der Waals surface area contributed by atoms with Crippen molar-refractivity contribution in [3.05, 3.63) is 212 Å². The molecule has 260 valence electrons. The first-order chi connectivity index (χ1) is 25.4. The van der Waals surface area contributed by atoms with Crippen LogP contribution in [-0.2, 0) is 0 Å². The molecule has 0 heterocycles. The summed E-state index contributed by atoms with van der Waals surface area (Å²) in [5, 5.41) is 13.6. The number of hydrazone groups is 1. The van der Waals surface area contributed by atoms with Crippen LogP contribution >= 0.6 is 52.6 Å². The predicted octanol–water partition coefficient (Wildman–Crippen LogP) is 10.6. The Labute approximate surface area is 334 Å². The minimum absolute atomic E-state index is 0.783. The molecular formula is C46H42I2N2P2. The predicted molar refractivity (Wildman–Crippen MR) is 250 cm³/mol. The number of hydrogen-bond acceptors (Lipinski definition) is 2. The summed E-state index contributed by atoms with van der Waals surface area (Å²) in [6.45, 7) is 0. The second-order valence-electron chi connectivity index (χ2n) is 13.2. The third-order valence-electron chi connectivity index (χ3n) is 10.2. The van der Waals surface area contributed by atoms with Crippen molar-refractivity contribution in [2.45, 2.75) is 6.42 Å². The van der Waals surface area contributed by atoms with Crippen molar-refractivity contribution in [2.24, 2.45) is 5.10 Å². The van der Waals surface area contributed by atoms with E-state index in [1.54, 1.807) is 0 Å². The molecule has 6 heteroatoms. The third-order valence-corrected chi connectivity index (χ3v) is 33.0. The summed E-state index contributed by atoms with van der Waals surface area (Å²) >= 11 is 5.82. The molecule has 52 heavy (non-hydrogen) atoms. The van der Waals surface area contributed by atoms with Gasteiger partial charge < -0.3 is 0 Å². The van der Waals surface area contributed by atoms with Crippen LogP contribution in [0, 0.1) is 0 Å². The first-order valence-electron chi connectivity index (χ1n) is 17.6. The standard InChI is InChI=1S/C46H42I2N2P2/c47-51(41-24-10-2-11-25-41,42-26-12-3-13-27-42,43-28-14-4-15-29-43)37-36-40(50-49-39-22-8-1-9-23-39)38-52(48,44-30-16-5-17-31-44,45-32-18-6-19-33-45)46-34-20-7-21-35-46/h1-35,49H,36-38H2. The summed E-state index contributed by atoms with van der Waals surface area (Å²) in [6, 6.07) is 77.6. The van der Waals surface area contributed by atoms with E-state index in [1.807, 2.05) is 6.07 Å². The maximum absolute atomic E-state index is 5.43. The molecule has 7 aromatic carbocycles. The SMILES string of the molecule is IP(CCC(CP(I)(c1ccccc1)(c1ccccc1)c1ccccc1)=NNc1ccccc1)(c1ccccc1)(c1ccccc1)c1ccccc1. The summed E-state index contributed by atoms with van der Waals surface area (Å²) in [6.07, 6.45) is 2.50. The normalized spacial score (nSPS) is 13.6. The van der Waals surface area contributed by atoms with Gasteiger partial charge in [0.15, 0.2) is 0 Å². The van der Waals surface area contributed by atoms with Gasteiger partial charge in [0.1, 0.15) is 0 Å². The summed E-state index contributed by atoms with van der Waals surface area (Å²) in [5.41, 5.74) is 5.66. The number of benzene rings is 7. The first kappa shape index (κ1) is 36.7. The third kappa shape index (κ3) is 6.80. The van der Waals surface area contributed by atoms with E-state index in [-0.39, 0.29) is 0 Å². The zero-order chi connectivity index (χ0) is 35.8. The van der Waals surface area contributed by atoms with Gasteiger partial charge in [0.2, 0.25) is 0 Å². The molecule has 0 aliphatic carbocycles. The molecule has 0 amide bonds. The number of nitrogens with one attached hydrogen (secondary N) is 1. The fourth-order valence-corrected chi connectivity index (χ4v) is 24.7. The van der Waals surface area contributed by atoms with E-state index >= 15 is 0 Å². The summed E-state index contributed by atoms with van der Waals surface area (Å²) in [5.74, 6) is 0. The van der Waals surface area contributed by atoms with E-state index in [9.17, 15) is 0 Å². The van der Waals surface area contributed by atoms with Crippen LogP contribution in [0.1, 0.15) is 6.42 Å². The molecule has 0 fully saturated rings. The quantitative estimate of drug-likeness (QED) is 0.0530. The van der Waals surface area contributed by atoms with Crippen molar-refractivity contribution in [3.63, 3.8) is 0 Å². The molecule has 1 N–H and O–H groups in total. The Hall–Kier alpha value is -3.67. The molecule has 0 aliphatic rings. The molecule has 0 spiro atoms. The average molecular weight is 939 g/mol. The van der Waals surface area contributed by atoms with Gasteiger partial charge in [-0.15, -0.1) is 0 Å². The van der Waals surface area contributed by atoms with E-state index in [0.29, 0.717) is 0 Å². The van der Waals surface area contributed by atoms with Crippen molar-refractivity contribution < 1.29 is 0 Å². The van der Waals surface area contributed by atoms with Crippen LogP contribution in [0.4, 0.5) is 5.69 Å². The first-order valence-corrected chi connectivity index (χ1v) is 28.0. The topological polar surface area (TPSA) is 24.4 Å². The zero-order valence-corrected chi connectivity index (χ0v) is 35.0. The Kier molecular flexibility index (Phi) is 11.1. The van der Waals surface area contributed by atoms with Gasteiger partial charge >= 0.3 is 337 Å². The molecule has 0 atom stereocenters. The molecule has 7 aromatic rings. The number of nitrogens with zero attached hydrogens (tertiary/aromatic N) is 1. The molecule has 0 aliphatic heterocycles. The molecule has 0 bridgehead atoms. The van der Waals surface area contributed by atoms with Gasteiger partial charge in [0.25, 0.3) is 0 Å². The molecular weight excluding hydrogens is 896 g/mol. The van der Waals surface area contributed by atoms with Gasteiger partial charge in [-0.25, -0.2) is 0 Å². The molecule has 2 nitrogen and oxygen atoms in total. The molecule has 0 radical (unpaired) electrons. The zero-order valence-electron chi connectivity index (χ0n) is 28.9. The molecule has 7 rings (SSSR count). The van der Waals surface area contributed by atoms with Crippen LogP contribution in [0.15, 0.2) is 217 Å². The molecule has 0 saturated carbocycles. The van der Waals surface area contributed by atoms with E-state index < -0.39 is 8.49 Å². The summed E-state index contributed by atoms with van der Waals surface area (Å²) in [4.78, 5) is 0. The molecule has 0 saturated heterocycles. The van der Waals surface area contributed by atoms with Gasteiger partial charge in [-0.2, -0.15) is 0 Å². The van der Waals surface area contributed by atoms with Crippen molar-refractivity contribution in [2.75, 3.05) is 17.7 Å². The Bertz CT molecular complexity index is 2020. The summed E-state index contributed by atoms with van der Waals surface area (Å²) in [7, 11) is 0. The van der Waals surface area contributed by atoms with Crippen LogP contribution in [0.25, 0.3) is 0 Å². The van der Waals surface area contributed by atoms with Crippen molar-refractivity contribution in [1.82, 2.24) is 0 Å². The van der Waals surface area contributed by atoms with Crippen LogP contribution in [-0.4, -0.2) is 18.0 Å². The summed E-state index contributed by atoms with van der Waals surface area (Å²) < 4.78 is -6.30. The van der Waals surface area contributed by atoms with Crippen LogP contribution in [0.5, 0.6) is 0 Å². The number of halogens is 2. The van der Waals surface area contributed by atoms with E-state index in [1.165, 1.54) is 31.8 Å². The maximum atomic E-state index is 5.43. The number of hydrogen-bond donors (Lipinski definition) is 1. The monoisotopic (exact) mass is 938 g/mol. The minimum atomic E-state index is -3.21.